The lowest BCUT2D eigenvalue weighted by atomic mass is 10.2. The van der Waals surface area contributed by atoms with Crippen LogP contribution in [0.15, 0.2) is 24.7 Å². The lowest BCUT2D eigenvalue weighted by molar-refractivity contribution is 0.0746. The molecule has 0 bridgehead atoms. The Morgan fingerprint density at radius 3 is 2.68 bits per heavy atom. The molecule has 134 valence electrons. The topological polar surface area (TPSA) is 76.4 Å². The highest BCUT2D eigenvalue weighted by Gasteiger charge is 2.24. The van der Waals surface area contributed by atoms with Gasteiger partial charge in [0.1, 0.15) is 0 Å². The molecule has 0 unspecified atom stereocenters. The van der Waals surface area contributed by atoms with Crippen molar-refractivity contribution in [2.24, 2.45) is 0 Å². The molecule has 25 heavy (non-hydrogen) atoms. The molecule has 0 atom stereocenters. The average Bonchev–Trinajstić information content (AvgIpc) is 3.12. The van der Waals surface area contributed by atoms with E-state index in [0.717, 1.165) is 0 Å². The molecule has 0 saturated carbocycles. The number of carbonyl (C=O) groups excluding carboxylic acids is 1. The van der Waals surface area contributed by atoms with E-state index in [1.165, 1.54) is 0 Å². The van der Waals surface area contributed by atoms with Crippen molar-refractivity contribution in [2.45, 2.75) is 26.8 Å². The van der Waals surface area contributed by atoms with Crippen molar-refractivity contribution < 1.29 is 9.53 Å². The molecule has 0 N–H and O–H groups in total. The average molecular weight is 344 g/mol. The van der Waals surface area contributed by atoms with Gasteiger partial charge in [-0.05, 0) is 20.8 Å². The molecule has 2 aromatic heterocycles. The summed E-state index contributed by atoms with van der Waals surface area (Å²) in [6.07, 6.45) is 5.16. The number of piperazine rings is 1. The lowest BCUT2D eigenvalue weighted by Gasteiger charge is -2.34. The summed E-state index contributed by atoms with van der Waals surface area (Å²) in [6, 6.07) is 1.99. The van der Waals surface area contributed by atoms with Gasteiger partial charge >= 0.3 is 0 Å². The van der Waals surface area contributed by atoms with Crippen molar-refractivity contribution in [3.8, 4) is 5.88 Å². The molecule has 3 rings (SSSR count). The zero-order valence-corrected chi connectivity index (χ0v) is 14.9. The largest absolute Gasteiger partial charge is 0.478 e. The molecule has 0 radical (unpaired) electrons. The molecule has 1 saturated heterocycles. The van der Waals surface area contributed by atoms with Crippen LogP contribution in [0.3, 0.4) is 0 Å². The van der Waals surface area contributed by atoms with Crippen LogP contribution < -0.4 is 9.64 Å². The summed E-state index contributed by atoms with van der Waals surface area (Å²) in [5.74, 6) is 1.24. The first-order chi connectivity index (χ1) is 12.1. The Morgan fingerprint density at radius 2 is 2.04 bits per heavy atom. The summed E-state index contributed by atoms with van der Waals surface area (Å²) < 4.78 is 7.23. The zero-order chi connectivity index (χ0) is 17.8. The number of ether oxygens (including phenoxy) is 1. The van der Waals surface area contributed by atoms with Gasteiger partial charge in [0, 0.05) is 50.7 Å². The van der Waals surface area contributed by atoms with E-state index < -0.39 is 0 Å². The van der Waals surface area contributed by atoms with E-state index >= 15 is 0 Å². The molecule has 0 aliphatic carbocycles. The number of aromatic nitrogens is 4. The Hall–Kier alpha value is -2.64. The van der Waals surface area contributed by atoms with E-state index in [9.17, 15) is 4.79 Å². The van der Waals surface area contributed by atoms with Crippen LogP contribution in [0.1, 0.15) is 37.2 Å². The van der Waals surface area contributed by atoms with E-state index in [1.54, 1.807) is 23.1 Å². The summed E-state index contributed by atoms with van der Waals surface area (Å²) in [4.78, 5) is 25.3. The first-order valence-corrected chi connectivity index (χ1v) is 8.62. The van der Waals surface area contributed by atoms with Gasteiger partial charge in [0.15, 0.2) is 0 Å². The van der Waals surface area contributed by atoms with Crippen molar-refractivity contribution in [2.75, 3.05) is 37.7 Å². The Kier molecular flexibility index (Phi) is 5.16. The van der Waals surface area contributed by atoms with E-state index in [1.807, 2.05) is 31.9 Å². The van der Waals surface area contributed by atoms with E-state index in [-0.39, 0.29) is 11.9 Å². The Balaban J connectivity index is 1.61. The monoisotopic (exact) mass is 344 g/mol. The highest BCUT2D eigenvalue weighted by Crippen LogP contribution is 2.16. The maximum Gasteiger partial charge on any atom is 0.257 e. The number of carbonyl (C=O) groups is 1. The molecule has 1 amide bonds. The van der Waals surface area contributed by atoms with Gasteiger partial charge in [-0.2, -0.15) is 10.1 Å². The van der Waals surface area contributed by atoms with Crippen molar-refractivity contribution in [1.29, 1.82) is 0 Å². The van der Waals surface area contributed by atoms with E-state index in [2.05, 4.69) is 20.0 Å². The van der Waals surface area contributed by atoms with Gasteiger partial charge in [-0.15, -0.1) is 0 Å². The molecule has 0 aromatic carbocycles. The van der Waals surface area contributed by atoms with E-state index in [0.29, 0.717) is 50.2 Å². The fourth-order valence-electron chi connectivity index (χ4n) is 2.74. The Bertz CT molecular complexity index is 721. The van der Waals surface area contributed by atoms with Crippen LogP contribution in [0.25, 0.3) is 0 Å². The normalized spacial score (nSPS) is 14.9. The molecule has 8 nitrogen and oxygen atoms in total. The predicted molar refractivity (Wildman–Crippen MR) is 93.9 cm³/mol. The van der Waals surface area contributed by atoms with Gasteiger partial charge in [0.25, 0.3) is 5.91 Å². The van der Waals surface area contributed by atoms with Crippen LogP contribution in [0.5, 0.6) is 5.88 Å². The summed E-state index contributed by atoms with van der Waals surface area (Å²) >= 11 is 0. The van der Waals surface area contributed by atoms with Crippen LogP contribution in [-0.4, -0.2) is 63.3 Å². The minimum atomic E-state index is 0.0236. The maximum absolute atomic E-state index is 12.6. The van der Waals surface area contributed by atoms with Gasteiger partial charge < -0.3 is 14.5 Å². The van der Waals surface area contributed by atoms with Gasteiger partial charge in [-0.3, -0.25) is 9.48 Å². The van der Waals surface area contributed by atoms with Crippen LogP contribution in [0, 0.1) is 0 Å². The number of anilines is 1. The highest BCUT2D eigenvalue weighted by atomic mass is 16.5. The minimum absolute atomic E-state index is 0.0236. The standard InChI is InChI=1S/C17H24N6O2/c1-4-25-15-5-6-18-17(20-15)22-9-7-21(8-10-22)16(24)14-11-19-23(12-14)13(2)3/h5-6,11-13H,4,7-10H2,1-3H3. The van der Waals surface area contributed by atoms with Crippen molar-refractivity contribution >= 4 is 11.9 Å². The van der Waals surface area contributed by atoms with Crippen molar-refractivity contribution in [1.82, 2.24) is 24.6 Å². The smallest absolute Gasteiger partial charge is 0.257 e. The quantitative estimate of drug-likeness (QED) is 0.820. The minimum Gasteiger partial charge on any atom is -0.478 e. The Morgan fingerprint density at radius 1 is 1.28 bits per heavy atom. The van der Waals surface area contributed by atoms with Crippen LogP contribution in [0.2, 0.25) is 0 Å². The van der Waals surface area contributed by atoms with Crippen LogP contribution in [0.4, 0.5) is 5.95 Å². The first kappa shape index (κ1) is 17.2. The fourth-order valence-corrected chi connectivity index (χ4v) is 2.74. The second kappa shape index (κ2) is 7.50. The third-order valence-electron chi connectivity index (χ3n) is 4.14. The van der Waals surface area contributed by atoms with Crippen LogP contribution >= 0.6 is 0 Å². The third-order valence-corrected chi connectivity index (χ3v) is 4.14. The molecule has 8 heteroatoms. The Labute approximate surface area is 147 Å². The van der Waals surface area contributed by atoms with Crippen LogP contribution in [-0.2, 0) is 0 Å². The molecule has 1 fully saturated rings. The summed E-state index contributed by atoms with van der Waals surface area (Å²) in [6.45, 7) is 9.23. The molecule has 0 spiro atoms. The molecular formula is C17H24N6O2. The molecule has 3 heterocycles. The first-order valence-electron chi connectivity index (χ1n) is 8.62. The molecule has 1 aliphatic rings. The zero-order valence-electron chi connectivity index (χ0n) is 14.9. The number of rotatable bonds is 5. The van der Waals surface area contributed by atoms with Crippen molar-refractivity contribution in [3.05, 3.63) is 30.2 Å². The fraction of sp³-hybridized carbons (Fsp3) is 0.529. The number of hydrogen-bond donors (Lipinski definition) is 0. The molecular weight excluding hydrogens is 320 g/mol. The van der Waals surface area contributed by atoms with Gasteiger partial charge in [-0.1, -0.05) is 0 Å². The lowest BCUT2D eigenvalue weighted by Crippen LogP contribution is -2.49. The van der Waals surface area contributed by atoms with Crippen molar-refractivity contribution in [3.63, 3.8) is 0 Å². The van der Waals surface area contributed by atoms with E-state index in [4.69, 9.17) is 4.74 Å². The molecule has 2 aromatic rings. The second-order valence-corrected chi connectivity index (χ2v) is 6.21. The number of nitrogens with zero attached hydrogens (tertiary/aromatic N) is 6. The van der Waals surface area contributed by atoms with Gasteiger partial charge in [-0.25, -0.2) is 4.98 Å². The summed E-state index contributed by atoms with van der Waals surface area (Å²) in [5.41, 5.74) is 0.636. The number of hydrogen-bond acceptors (Lipinski definition) is 6. The second-order valence-electron chi connectivity index (χ2n) is 6.21. The van der Waals surface area contributed by atoms with Gasteiger partial charge in [0.05, 0.1) is 18.4 Å². The van der Waals surface area contributed by atoms with Gasteiger partial charge in [0.2, 0.25) is 11.8 Å². The third kappa shape index (κ3) is 3.89. The maximum atomic E-state index is 12.6. The summed E-state index contributed by atoms with van der Waals surface area (Å²) in [5, 5.41) is 4.25. The molecule has 1 aliphatic heterocycles. The number of amides is 1. The SMILES string of the molecule is CCOc1ccnc(N2CCN(C(=O)c3cnn(C(C)C)c3)CC2)n1. The highest BCUT2D eigenvalue weighted by molar-refractivity contribution is 5.93. The summed E-state index contributed by atoms with van der Waals surface area (Å²) in [7, 11) is 0. The predicted octanol–water partition coefficient (Wildman–Crippen LogP) is 1.62.